The van der Waals surface area contributed by atoms with E-state index < -0.39 is 0 Å². The second kappa shape index (κ2) is 13.5. The van der Waals surface area contributed by atoms with Crippen LogP contribution in [0.5, 0.6) is 0 Å². The average Bonchev–Trinajstić information content (AvgIpc) is 3.60. The van der Waals surface area contributed by atoms with Crippen molar-refractivity contribution < 1.29 is 4.74 Å². The summed E-state index contributed by atoms with van der Waals surface area (Å²) in [5.41, 5.74) is 7.11. The number of aliphatic imine (C=N–C) groups is 2. The highest BCUT2D eigenvalue weighted by molar-refractivity contribution is 6.10. The van der Waals surface area contributed by atoms with Gasteiger partial charge in [-0.25, -0.2) is 4.99 Å². The lowest BCUT2D eigenvalue weighted by Gasteiger charge is -2.36. The second-order valence-corrected chi connectivity index (χ2v) is 9.60. The Morgan fingerprint density at radius 2 is 2.03 bits per heavy atom. The molecule has 200 valence electrons. The van der Waals surface area contributed by atoms with Gasteiger partial charge in [0, 0.05) is 69.1 Å². The summed E-state index contributed by atoms with van der Waals surface area (Å²) in [5, 5.41) is 3.43. The summed E-state index contributed by atoms with van der Waals surface area (Å²) in [5.74, 6) is 0.877. The van der Waals surface area contributed by atoms with Crippen molar-refractivity contribution in [1.29, 1.82) is 0 Å². The molecule has 3 aliphatic rings. The molecule has 1 aromatic heterocycles. The van der Waals surface area contributed by atoms with Crippen LogP contribution in [0.2, 0.25) is 0 Å². The molecule has 0 spiro atoms. The topological polar surface area (TPSA) is 65.3 Å². The Bertz CT molecular complexity index is 1110. The van der Waals surface area contributed by atoms with Crippen molar-refractivity contribution in [3.05, 3.63) is 65.3 Å². The number of fused-ring (bicyclic) bond motifs is 3. The molecule has 0 radical (unpaired) electrons. The van der Waals surface area contributed by atoms with Crippen LogP contribution in [0.25, 0.3) is 5.57 Å². The van der Waals surface area contributed by atoms with Crippen LogP contribution >= 0.6 is 0 Å². The number of likely N-dealkylation sites (tertiary alicyclic amines) is 2. The van der Waals surface area contributed by atoms with Gasteiger partial charge < -0.3 is 15.0 Å². The van der Waals surface area contributed by atoms with E-state index in [0.717, 1.165) is 60.4 Å². The number of piperazine rings is 1. The Labute approximate surface area is 223 Å². The summed E-state index contributed by atoms with van der Waals surface area (Å²) < 4.78 is 5.28. The van der Waals surface area contributed by atoms with Crippen LogP contribution in [-0.4, -0.2) is 79.3 Å². The Morgan fingerprint density at radius 1 is 1.24 bits per heavy atom. The maximum atomic E-state index is 5.28. The molecule has 4 heterocycles. The molecule has 2 atom stereocenters. The van der Waals surface area contributed by atoms with Gasteiger partial charge in [0.2, 0.25) is 0 Å². The minimum absolute atomic E-state index is 0.540. The average molecular weight is 505 g/mol. The van der Waals surface area contributed by atoms with Gasteiger partial charge >= 0.3 is 0 Å². The van der Waals surface area contributed by atoms with Gasteiger partial charge in [-0.05, 0) is 51.5 Å². The highest BCUT2D eigenvalue weighted by Crippen LogP contribution is 2.34. The van der Waals surface area contributed by atoms with Crippen molar-refractivity contribution in [2.45, 2.75) is 59.5 Å². The Hall–Kier alpha value is -3.03. The van der Waals surface area contributed by atoms with Crippen LogP contribution in [0.4, 0.5) is 5.69 Å². The van der Waals surface area contributed by atoms with Crippen LogP contribution in [0, 0.1) is 0 Å². The van der Waals surface area contributed by atoms with Crippen molar-refractivity contribution in [2.75, 3.05) is 40.4 Å². The monoisotopic (exact) mass is 504 g/mol. The van der Waals surface area contributed by atoms with E-state index in [9.17, 15) is 0 Å². The number of nitrogens with one attached hydrogen (secondary N) is 1. The minimum atomic E-state index is 0.540. The largest absolute Gasteiger partial charge is 0.383 e. The highest BCUT2D eigenvalue weighted by Gasteiger charge is 2.43. The fourth-order valence-corrected chi connectivity index (χ4v) is 5.22. The van der Waals surface area contributed by atoms with E-state index in [0.29, 0.717) is 18.5 Å². The van der Waals surface area contributed by atoms with E-state index >= 15 is 0 Å². The maximum absolute atomic E-state index is 5.28. The third-order valence-corrected chi connectivity index (χ3v) is 6.85. The molecule has 7 heteroatoms. The number of nitrogens with zero attached hydrogens (tertiary/aromatic N) is 5. The molecule has 0 aromatic carbocycles. The molecule has 1 N–H and O–H groups in total. The van der Waals surface area contributed by atoms with E-state index in [-0.39, 0.29) is 0 Å². The third kappa shape index (κ3) is 6.84. The predicted octanol–water partition coefficient (Wildman–Crippen LogP) is 5.16. The first kappa shape index (κ1) is 28.5. The standard InChI is InChI=1S/C28H38N6O.C2H6/c1-7-8-21(34-18-22-14-23(34)17-33(22)11-12-35-6)13-20(4)30-28-15-27-26(32-28)10-9-25(31-27)24(16-29-5)19(2)3;1-2/h7-10,13,16,22-23H,4,11-12,14-15,17-18H2,1-3,5-6H3,(H,30,32);1-2H3/b8-7-,21-13+,29-16?;. The molecule has 1 aromatic rings. The number of hydrogen-bond acceptors (Lipinski definition) is 7. The van der Waals surface area contributed by atoms with Crippen LogP contribution in [0.3, 0.4) is 0 Å². The third-order valence-electron chi connectivity index (χ3n) is 6.85. The fourth-order valence-electron chi connectivity index (χ4n) is 5.22. The Morgan fingerprint density at radius 3 is 2.65 bits per heavy atom. The lowest BCUT2D eigenvalue weighted by atomic mass is 10.1. The first-order valence-corrected chi connectivity index (χ1v) is 13.4. The van der Waals surface area contributed by atoms with E-state index in [2.05, 4.69) is 65.7 Å². The van der Waals surface area contributed by atoms with E-state index in [1.807, 2.05) is 32.2 Å². The quantitative estimate of drug-likeness (QED) is 0.372. The summed E-state index contributed by atoms with van der Waals surface area (Å²) in [6.07, 6.45) is 10.2. The molecule has 2 bridgehead atoms. The van der Waals surface area contributed by atoms with Gasteiger partial charge in [-0.1, -0.05) is 32.1 Å². The number of allylic oxidation sites excluding steroid dienone is 5. The summed E-state index contributed by atoms with van der Waals surface area (Å²) in [6.45, 7) is 18.5. The van der Waals surface area contributed by atoms with Gasteiger partial charge in [0.05, 0.1) is 30.1 Å². The molecule has 0 amide bonds. The lowest BCUT2D eigenvalue weighted by Crippen LogP contribution is -2.46. The number of amidine groups is 1. The molecule has 3 aliphatic heterocycles. The number of hydrogen-bond donors (Lipinski definition) is 1. The predicted molar refractivity (Wildman–Crippen MR) is 157 cm³/mol. The molecule has 2 unspecified atom stereocenters. The zero-order valence-corrected chi connectivity index (χ0v) is 23.7. The number of pyridine rings is 1. The van der Waals surface area contributed by atoms with Crippen molar-refractivity contribution >= 4 is 23.3 Å². The SMILES string of the molecule is C=C(/C=C(\C=C/C)N1CC2CC1CN2CCOC)NC1=Nc2ccc(C(C=NC)=C(C)C)nc2C1.CC. The van der Waals surface area contributed by atoms with Crippen molar-refractivity contribution in [3.8, 4) is 0 Å². The first-order valence-electron chi connectivity index (χ1n) is 13.4. The molecule has 2 fully saturated rings. The first-order chi connectivity index (χ1) is 17.9. The minimum Gasteiger partial charge on any atom is -0.383 e. The summed E-state index contributed by atoms with van der Waals surface area (Å²) in [4.78, 5) is 18.9. The molecule has 2 saturated heterocycles. The number of rotatable bonds is 9. The Balaban J connectivity index is 0.00000186. The highest BCUT2D eigenvalue weighted by atomic mass is 16.5. The molecular weight excluding hydrogens is 460 g/mol. The summed E-state index contributed by atoms with van der Waals surface area (Å²) in [7, 11) is 3.56. The van der Waals surface area contributed by atoms with Crippen LogP contribution in [-0.2, 0) is 11.2 Å². The molecular formula is C30H44N6O. The van der Waals surface area contributed by atoms with Crippen LogP contribution < -0.4 is 5.32 Å². The Kier molecular flexibility index (Phi) is 10.4. The number of ether oxygens (including phenoxy) is 1. The van der Waals surface area contributed by atoms with Crippen molar-refractivity contribution in [2.24, 2.45) is 9.98 Å². The maximum Gasteiger partial charge on any atom is 0.113 e. The van der Waals surface area contributed by atoms with Gasteiger partial charge in [0.25, 0.3) is 0 Å². The molecule has 0 aliphatic carbocycles. The van der Waals surface area contributed by atoms with Gasteiger partial charge in [0.15, 0.2) is 0 Å². The summed E-state index contributed by atoms with van der Waals surface area (Å²) in [6, 6.07) is 5.20. The van der Waals surface area contributed by atoms with Crippen LogP contribution in [0.1, 0.15) is 52.4 Å². The zero-order chi connectivity index (χ0) is 26.9. The van der Waals surface area contributed by atoms with Gasteiger partial charge in [-0.3, -0.25) is 14.9 Å². The molecule has 37 heavy (non-hydrogen) atoms. The van der Waals surface area contributed by atoms with Crippen molar-refractivity contribution in [3.63, 3.8) is 0 Å². The van der Waals surface area contributed by atoms with E-state index in [1.54, 1.807) is 14.2 Å². The number of aromatic nitrogens is 1. The van der Waals surface area contributed by atoms with Crippen LogP contribution in [0.15, 0.2) is 63.9 Å². The van der Waals surface area contributed by atoms with Gasteiger partial charge in [0.1, 0.15) is 5.84 Å². The van der Waals surface area contributed by atoms with E-state index in [4.69, 9.17) is 14.7 Å². The second-order valence-electron chi connectivity index (χ2n) is 9.60. The number of methoxy groups -OCH3 is 1. The molecule has 0 saturated carbocycles. The molecule has 4 rings (SSSR count). The summed E-state index contributed by atoms with van der Waals surface area (Å²) >= 11 is 0. The van der Waals surface area contributed by atoms with Gasteiger partial charge in [-0.15, -0.1) is 0 Å². The fraction of sp³-hybridized carbons (Fsp3) is 0.500. The lowest BCUT2D eigenvalue weighted by molar-refractivity contribution is 0.108. The smallest absolute Gasteiger partial charge is 0.113 e. The normalized spacial score (nSPS) is 20.8. The van der Waals surface area contributed by atoms with Gasteiger partial charge in [-0.2, -0.15) is 0 Å². The van der Waals surface area contributed by atoms with Crippen molar-refractivity contribution in [1.82, 2.24) is 20.1 Å². The molecule has 7 nitrogen and oxygen atoms in total. The zero-order valence-electron chi connectivity index (χ0n) is 23.7. The van der Waals surface area contributed by atoms with E-state index in [1.165, 1.54) is 17.7 Å².